The van der Waals surface area contributed by atoms with Gasteiger partial charge in [-0.25, -0.2) is 4.79 Å². The molecule has 0 atom stereocenters. The Morgan fingerprint density at radius 3 is 3.06 bits per heavy atom. The van der Waals surface area contributed by atoms with Gasteiger partial charge in [0.25, 0.3) is 0 Å². The first-order valence-corrected chi connectivity index (χ1v) is 5.87. The van der Waals surface area contributed by atoms with E-state index in [2.05, 4.69) is 4.37 Å². The van der Waals surface area contributed by atoms with Crippen molar-refractivity contribution in [2.75, 3.05) is 0 Å². The van der Waals surface area contributed by atoms with Crippen LogP contribution in [0.25, 0.3) is 0 Å². The highest BCUT2D eigenvalue weighted by molar-refractivity contribution is 7.08. The molecule has 17 heavy (non-hydrogen) atoms. The molecular formula is C11H8ClNO3S. The van der Waals surface area contributed by atoms with E-state index < -0.39 is 5.97 Å². The summed E-state index contributed by atoms with van der Waals surface area (Å²) < 4.78 is 9.27. The van der Waals surface area contributed by atoms with Crippen LogP contribution >= 0.6 is 23.1 Å². The number of hydrogen-bond acceptors (Lipinski definition) is 4. The van der Waals surface area contributed by atoms with E-state index in [1.165, 1.54) is 6.20 Å². The summed E-state index contributed by atoms with van der Waals surface area (Å²) in [6, 6.07) is 6.93. The molecule has 1 heterocycles. The molecule has 0 spiro atoms. The molecule has 2 rings (SSSR count). The van der Waals surface area contributed by atoms with Gasteiger partial charge in [0, 0.05) is 16.8 Å². The van der Waals surface area contributed by atoms with Crippen LogP contribution in [-0.4, -0.2) is 15.4 Å². The average Bonchev–Trinajstić information content (AvgIpc) is 2.74. The van der Waals surface area contributed by atoms with Gasteiger partial charge in [0.15, 0.2) is 0 Å². The van der Waals surface area contributed by atoms with Crippen molar-refractivity contribution in [1.82, 2.24) is 4.37 Å². The number of aromatic nitrogens is 1. The number of carboxylic acids is 1. The van der Waals surface area contributed by atoms with Gasteiger partial charge in [-0.15, -0.1) is 0 Å². The molecule has 1 aromatic carbocycles. The number of aromatic carboxylic acids is 1. The minimum absolute atomic E-state index is 0.165. The lowest BCUT2D eigenvalue weighted by molar-refractivity contribution is 0.0699. The molecule has 0 saturated carbocycles. The molecule has 2 aromatic rings. The van der Waals surface area contributed by atoms with Gasteiger partial charge in [-0.05, 0) is 29.7 Å². The summed E-state index contributed by atoms with van der Waals surface area (Å²) in [6.07, 6.45) is 1.50. The summed E-state index contributed by atoms with van der Waals surface area (Å²) in [5, 5.41) is 9.46. The summed E-state index contributed by atoms with van der Waals surface area (Å²) in [5.41, 5.74) is 0.558. The Balaban J connectivity index is 2.07. The van der Waals surface area contributed by atoms with Crippen LogP contribution in [0.15, 0.2) is 30.5 Å². The van der Waals surface area contributed by atoms with E-state index in [0.29, 0.717) is 16.3 Å². The van der Waals surface area contributed by atoms with Crippen molar-refractivity contribution in [3.8, 4) is 5.75 Å². The van der Waals surface area contributed by atoms with E-state index in [-0.39, 0.29) is 11.5 Å². The van der Waals surface area contributed by atoms with Crippen LogP contribution in [0.3, 0.4) is 0 Å². The lowest BCUT2D eigenvalue weighted by Crippen LogP contribution is -2.01. The maximum atomic E-state index is 10.8. The molecule has 1 aromatic heterocycles. The average molecular weight is 270 g/mol. The summed E-state index contributed by atoms with van der Waals surface area (Å²) >= 11 is 6.74. The maximum absolute atomic E-state index is 10.8. The summed E-state index contributed by atoms with van der Waals surface area (Å²) in [6.45, 7) is 0.165. The number of rotatable bonds is 4. The molecule has 0 aliphatic heterocycles. The van der Waals surface area contributed by atoms with Gasteiger partial charge in [-0.2, -0.15) is 4.37 Å². The zero-order valence-corrected chi connectivity index (χ0v) is 10.2. The van der Waals surface area contributed by atoms with Gasteiger partial charge in [0.2, 0.25) is 0 Å². The van der Waals surface area contributed by atoms with Crippen molar-refractivity contribution in [3.05, 3.63) is 45.9 Å². The second kappa shape index (κ2) is 5.16. The van der Waals surface area contributed by atoms with Crippen molar-refractivity contribution in [2.45, 2.75) is 6.61 Å². The van der Waals surface area contributed by atoms with E-state index in [1.54, 1.807) is 24.3 Å². The lowest BCUT2D eigenvalue weighted by Gasteiger charge is -2.05. The number of carboxylic acid groups (broad SMARTS) is 1. The first kappa shape index (κ1) is 11.9. The van der Waals surface area contributed by atoms with Crippen molar-refractivity contribution in [1.29, 1.82) is 0 Å². The Hall–Kier alpha value is -1.59. The van der Waals surface area contributed by atoms with Crippen LogP contribution in [0.4, 0.5) is 0 Å². The van der Waals surface area contributed by atoms with Crippen LogP contribution in [-0.2, 0) is 6.61 Å². The fraction of sp³-hybridized carbons (Fsp3) is 0.0909. The Morgan fingerprint density at radius 1 is 1.53 bits per heavy atom. The van der Waals surface area contributed by atoms with Crippen LogP contribution in [0.5, 0.6) is 5.75 Å². The van der Waals surface area contributed by atoms with Crippen molar-refractivity contribution < 1.29 is 14.6 Å². The van der Waals surface area contributed by atoms with E-state index >= 15 is 0 Å². The quantitative estimate of drug-likeness (QED) is 0.927. The molecule has 0 aliphatic rings. The Kier molecular flexibility index (Phi) is 3.61. The fourth-order valence-corrected chi connectivity index (χ4v) is 2.03. The number of hydrogen-bond donors (Lipinski definition) is 1. The summed E-state index contributed by atoms with van der Waals surface area (Å²) in [5.74, 6) is -0.391. The zero-order valence-electron chi connectivity index (χ0n) is 8.59. The fourth-order valence-electron chi connectivity index (χ4n) is 1.26. The van der Waals surface area contributed by atoms with Crippen molar-refractivity contribution in [2.24, 2.45) is 0 Å². The van der Waals surface area contributed by atoms with E-state index in [1.807, 2.05) is 0 Å². The molecule has 4 nitrogen and oxygen atoms in total. The predicted octanol–water partition coefficient (Wildman–Crippen LogP) is 3.07. The second-order valence-corrected chi connectivity index (χ2v) is 4.47. The van der Waals surface area contributed by atoms with Gasteiger partial charge in [0.05, 0.1) is 0 Å². The van der Waals surface area contributed by atoms with E-state index in [0.717, 1.165) is 11.5 Å². The lowest BCUT2D eigenvalue weighted by atomic mass is 10.3. The molecular weight excluding hydrogens is 262 g/mol. The molecule has 0 amide bonds. The van der Waals surface area contributed by atoms with Crippen molar-refractivity contribution in [3.63, 3.8) is 0 Å². The minimum Gasteiger partial charge on any atom is -0.489 e. The highest BCUT2D eigenvalue weighted by Crippen LogP contribution is 2.20. The molecule has 0 bridgehead atoms. The standard InChI is InChI=1S/C11H8ClNO3S/c12-8-2-1-3-9(4-8)16-6-7-5-13-17-10(7)11(14)15/h1-5H,6H2,(H,14,15). The predicted molar refractivity (Wildman–Crippen MR) is 64.9 cm³/mol. The number of benzene rings is 1. The maximum Gasteiger partial charge on any atom is 0.347 e. The molecule has 1 N–H and O–H groups in total. The van der Waals surface area contributed by atoms with E-state index in [9.17, 15) is 4.79 Å². The number of halogens is 1. The Labute approximate surface area is 107 Å². The smallest absolute Gasteiger partial charge is 0.347 e. The monoisotopic (exact) mass is 269 g/mol. The number of carbonyl (C=O) groups is 1. The third-order valence-electron chi connectivity index (χ3n) is 2.03. The highest BCUT2D eigenvalue weighted by Gasteiger charge is 2.13. The molecule has 0 aliphatic carbocycles. The third kappa shape index (κ3) is 2.95. The topological polar surface area (TPSA) is 59.4 Å². The molecule has 0 unspecified atom stereocenters. The summed E-state index contributed by atoms with van der Waals surface area (Å²) in [4.78, 5) is 11.0. The molecule has 0 radical (unpaired) electrons. The Bertz CT molecular complexity index is 541. The van der Waals surface area contributed by atoms with Gasteiger partial charge < -0.3 is 9.84 Å². The van der Waals surface area contributed by atoms with Crippen LogP contribution in [0.1, 0.15) is 15.2 Å². The van der Waals surface area contributed by atoms with Crippen LogP contribution in [0, 0.1) is 0 Å². The normalized spacial score (nSPS) is 10.2. The first-order valence-electron chi connectivity index (χ1n) is 4.72. The van der Waals surface area contributed by atoms with Gasteiger partial charge in [-0.3, -0.25) is 0 Å². The van der Waals surface area contributed by atoms with E-state index in [4.69, 9.17) is 21.4 Å². The highest BCUT2D eigenvalue weighted by atomic mass is 35.5. The molecule has 88 valence electrons. The molecule has 0 fully saturated rings. The largest absolute Gasteiger partial charge is 0.489 e. The Morgan fingerprint density at radius 2 is 2.35 bits per heavy atom. The minimum atomic E-state index is -0.989. The second-order valence-electron chi connectivity index (χ2n) is 3.23. The van der Waals surface area contributed by atoms with Gasteiger partial charge >= 0.3 is 5.97 Å². The van der Waals surface area contributed by atoms with Gasteiger partial charge in [-0.1, -0.05) is 17.7 Å². The van der Waals surface area contributed by atoms with Crippen LogP contribution < -0.4 is 4.74 Å². The third-order valence-corrected chi connectivity index (χ3v) is 3.09. The summed E-state index contributed by atoms with van der Waals surface area (Å²) in [7, 11) is 0. The van der Waals surface area contributed by atoms with Crippen LogP contribution in [0.2, 0.25) is 5.02 Å². The molecule has 0 saturated heterocycles. The molecule has 6 heteroatoms. The van der Waals surface area contributed by atoms with Crippen molar-refractivity contribution >= 4 is 29.1 Å². The number of ether oxygens (including phenoxy) is 1. The first-order chi connectivity index (χ1) is 8.16. The SMILES string of the molecule is O=C(O)c1sncc1COc1cccc(Cl)c1. The number of nitrogens with zero attached hydrogens (tertiary/aromatic N) is 1. The van der Waals surface area contributed by atoms with Gasteiger partial charge in [0.1, 0.15) is 17.2 Å². The zero-order chi connectivity index (χ0) is 12.3.